The van der Waals surface area contributed by atoms with Crippen molar-refractivity contribution in [2.75, 3.05) is 6.54 Å². The molecule has 2 rings (SSSR count). The highest BCUT2D eigenvalue weighted by Gasteiger charge is 2.13. The molecule has 19 heavy (non-hydrogen) atoms. The first-order chi connectivity index (χ1) is 9.19. The summed E-state index contributed by atoms with van der Waals surface area (Å²) in [5.41, 5.74) is 1.59. The van der Waals surface area contributed by atoms with Gasteiger partial charge in [-0.25, -0.2) is 8.78 Å². The average molecular weight is 265 g/mol. The van der Waals surface area contributed by atoms with E-state index in [1.807, 2.05) is 13.0 Å². The van der Waals surface area contributed by atoms with Crippen molar-refractivity contribution in [1.82, 2.24) is 5.32 Å². The zero-order valence-electron chi connectivity index (χ0n) is 10.8. The molecule has 0 aliphatic heterocycles. The van der Waals surface area contributed by atoms with Gasteiger partial charge < -0.3 is 9.73 Å². The molecule has 1 aromatic carbocycles. The summed E-state index contributed by atoms with van der Waals surface area (Å²) in [5, 5.41) is 3.31. The van der Waals surface area contributed by atoms with Crippen molar-refractivity contribution in [3.63, 3.8) is 0 Å². The Morgan fingerprint density at radius 1 is 1.21 bits per heavy atom. The van der Waals surface area contributed by atoms with Crippen molar-refractivity contribution in [3.8, 4) is 0 Å². The van der Waals surface area contributed by atoms with Gasteiger partial charge in [0.05, 0.1) is 12.5 Å². The van der Waals surface area contributed by atoms with Gasteiger partial charge in [0, 0.05) is 12.1 Å². The Balaban J connectivity index is 2.07. The van der Waals surface area contributed by atoms with Gasteiger partial charge in [0.15, 0.2) is 0 Å². The van der Waals surface area contributed by atoms with Gasteiger partial charge in [0.1, 0.15) is 11.6 Å². The van der Waals surface area contributed by atoms with Crippen molar-refractivity contribution >= 4 is 0 Å². The van der Waals surface area contributed by atoms with Gasteiger partial charge in [-0.3, -0.25) is 0 Å². The average Bonchev–Trinajstić information content (AvgIpc) is 2.86. The van der Waals surface area contributed by atoms with E-state index in [-0.39, 0.29) is 6.04 Å². The fourth-order valence-corrected chi connectivity index (χ4v) is 2.15. The number of likely N-dealkylation sites (N-methyl/N-ethyl adjacent to an activating group) is 1. The Bertz CT molecular complexity index is 511. The molecule has 2 aromatic rings. The van der Waals surface area contributed by atoms with Gasteiger partial charge in [-0.05, 0) is 42.6 Å². The maximum Gasteiger partial charge on any atom is 0.129 e. The summed E-state index contributed by atoms with van der Waals surface area (Å²) in [4.78, 5) is 0. The molecule has 1 aromatic heterocycles. The Kier molecular flexibility index (Phi) is 4.68. The van der Waals surface area contributed by atoms with Crippen molar-refractivity contribution in [1.29, 1.82) is 0 Å². The Morgan fingerprint density at radius 3 is 2.68 bits per heavy atom. The van der Waals surface area contributed by atoms with Crippen LogP contribution in [0.1, 0.15) is 18.1 Å². The van der Waals surface area contributed by atoms with E-state index in [0.717, 1.165) is 24.6 Å². The lowest BCUT2D eigenvalue weighted by atomic mass is 10.00. The lowest BCUT2D eigenvalue weighted by molar-refractivity contribution is 0.497. The van der Waals surface area contributed by atoms with Crippen molar-refractivity contribution in [2.45, 2.75) is 25.8 Å². The van der Waals surface area contributed by atoms with E-state index in [1.165, 1.54) is 12.1 Å². The second-order valence-corrected chi connectivity index (χ2v) is 4.53. The van der Waals surface area contributed by atoms with Crippen LogP contribution < -0.4 is 5.32 Å². The van der Waals surface area contributed by atoms with Crippen molar-refractivity contribution in [3.05, 3.63) is 59.6 Å². The molecular weight excluding hydrogens is 248 g/mol. The normalized spacial score (nSPS) is 12.6. The third-order valence-corrected chi connectivity index (χ3v) is 3.04. The molecule has 0 radical (unpaired) electrons. The summed E-state index contributed by atoms with van der Waals surface area (Å²) in [6.45, 7) is 2.80. The van der Waals surface area contributed by atoms with Gasteiger partial charge in [0.25, 0.3) is 0 Å². The summed E-state index contributed by atoms with van der Waals surface area (Å²) in [7, 11) is 0. The molecule has 0 bridgehead atoms. The van der Waals surface area contributed by atoms with E-state index >= 15 is 0 Å². The number of furan rings is 1. The Labute approximate surface area is 111 Å². The maximum atomic E-state index is 13.6. The van der Waals surface area contributed by atoms with Gasteiger partial charge in [-0.15, -0.1) is 0 Å². The largest absolute Gasteiger partial charge is 0.472 e. The molecule has 0 fully saturated rings. The molecule has 1 heterocycles. The van der Waals surface area contributed by atoms with Crippen LogP contribution in [0.2, 0.25) is 0 Å². The highest BCUT2D eigenvalue weighted by Crippen LogP contribution is 2.14. The number of rotatable bonds is 6. The lowest BCUT2D eigenvalue weighted by Gasteiger charge is -2.17. The van der Waals surface area contributed by atoms with E-state index in [4.69, 9.17) is 4.42 Å². The third-order valence-electron chi connectivity index (χ3n) is 3.04. The summed E-state index contributed by atoms with van der Waals surface area (Å²) in [5.74, 6) is -1.04. The van der Waals surface area contributed by atoms with Crippen LogP contribution in [0.25, 0.3) is 0 Å². The minimum atomic E-state index is -0.545. The fourth-order valence-electron chi connectivity index (χ4n) is 2.15. The van der Waals surface area contributed by atoms with Crippen LogP contribution in [0.3, 0.4) is 0 Å². The molecule has 4 heteroatoms. The van der Waals surface area contributed by atoms with Crippen LogP contribution in [0.5, 0.6) is 0 Å². The zero-order chi connectivity index (χ0) is 13.7. The zero-order valence-corrected chi connectivity index (χ0v) is 10.8. The second-order valence-electron chi connectivity index (χ2n) is 4.53. The summed E-state index contributed by atoms with van der Waals surface area (Å²) >= 11 is 0. The van der Waals surface area contributed by atoms with Gasteiger partial charge >= 0.3 is 0 Å². The highest BCUT2D eigenvalue weighted by molar-refractivity contribution is 5.20. The Morgan fingerprint density at radius 2 is 2.05 bits per heavy atom. The van der Waals surface area contributed by atoms with Crippen LogP contribution in [0.15, 0.2) is 41.2 Å². The number of halogens is 2. The molecular formula is C15H17F2NO. The van der Waals surface area contributed by atoms with Gasteiger partial charge in [0.2, 0.25) is 0 Å². The molecule has 1 atom stereocenters. The van der Waals surface area contributed by atoms with E-state index in [1.54, 1.807) is 12.5 Å². The van der Waals surface area contributed by atoms with E-state index in [9.17, 15) is 8.78 Å². The molecule has 0 saturated carbocycles. The molecule has 0 amide bonds. The smallest absolute Gasteiger partial charge is 0.129 e. The summed E-state index contributed by atoms with van der Waals surface area (Å²) < 4.78 is 31.5. The van der Waals surface area contributed by atoms with E-state index in [2.05, 4.69) is 5.32 Å². The Hall–Kier alpha value is -1.68. The minimum Gasteiger partial charge on any atom is -0.472 e. The van der Waals surface area contributed by atoms with Gasteiger partial charge in [-0.2, -0.15) is 0 Å². The van der Waals surface area contributed by atoms with E-state index in [0.29, 0.717) is 12.0 Å². The fraction of sp³-hybridized carbons (Fsp3) is 0.333. The highest BCUT2D eigenvalue weighted by atomic mass is 19.1. The summed E-state index contributed by atoms with van der Waals surface area (Å²) in [6.07, 6.45) is 4.58. The topological polar surface area (TPSA) is 25.2 Å². The monoisotopic (exact) mass is 265 g/mol. The molecule has 2 nitrogen and oxygen atoms in total. The summed E-state index contributed by atoms with van der Waals surface area (Å²) in [6, 6.07) is 5.72. The minimum absolute atomic E-state index is 0.0996. The predicted octanol–water partition coefficient (Wildman–Crippen LogP) is 3.32. The van der Waals surface area contributed by atoms with Crippen LogP contribution in [0.4, 0.5) is 8.78 Å². The van der Waals surface area contributed by atoms with Crippen LogP contribution in [0, 0.1) is 11.6 Å². The number of nitrogens with one attached hydrogen (secondary N) is 1. The van der Waals surface area contributed by atoms with Gasteiger partial charge in [-0.1, -0.05) is 13.0 Å². The number of hydrogen-bond donors (Lipinski definition) is 1. The standard InChI is InChI=1S/C15H17F2NO/c1-2-18-14(7-11-5-6-19-10-11)8-12-3-4-13(16)9-15(12)17/h3-6,9-10,14,18H,2,7-8H2,1H3. The van der Waals surface area contributed by atoms with Crippen LogP contribution >= 0.6 is 0 Å². The molecule has 0 aliphatic rings. The molecule has 1 unspecified atom stereocenters. The molecule has 1 N–H and O–H groups in total. The molecule has 102 valence electrons. The van der Waals surface area contributed by atoms with Crippen molar-refractivity contribution in [2.24, 2.45) is 0 Å². The second kappa shape index (κ2) is 6.48. The van der Waals surface area contributed by atoms with Crippen LogP contribution in [-0.2, 0) is 12.8 Å². The molecule has 0 saturated heterocycles. The lowest BCUT2D eigenvalue weighted by Crippen LogP contribution is -2.33. The first-order valence-corrected chi connectivity index (χ1v) is 6.37. The first-order valence-electron chi connectivity index (χ1n) is 6.37. The first kappa shape index (κ1) is 13.7. The van der Waals surface area contributed by atoms with E-state index < -0.39 is 11.6 Å². The maximum absolute atomic E-state index is 13.6. The van der Waals surface area contributed by atoms with Crippen LogP contribution in [-0.4, -0.2) is 12.6 Å². The molecule has 0 aliphatic carbocycles. The number of hydrogen-bond acceptors (Lipinski definition) is 2. The number of benzene rings is 1. The van der Waals surface area contributed by atoms with Crippen molar-refractivity contribution < 1.29 is 13.2 Å². The third kappa shape index (κ3) is 3.89. The quantitative estimate of drug-likeness (QED) is 0.866. The molecule has 0 spiro atoms. The SMILES string of the molecule is CCNC(Cc1ccoc1)Cc1ccc(F)cc1F. The predicted molar refractivity (Wildman–Crippen MR) is 69.9 cm³/mol.